The van der Waals surface area contributed by atoms with E-state index < -0.39 is 0 Å². The molecule has 0 aliphatic heterocycles. The van der Waals surface area contributed by atoms with E-state index in [1.165, 1.54) is 24.1 Å². The number of rotatable bonds is 4. The van der Waals surface area contributed by atoms with Gasteiger partial charge < -0.3 is 5.32 Å². The van der Waals surface area contributed by atoms with Crippen molar-refractivity contribution in [2.24, 2.45) is 17.3 Å². The van der Waals surface area contributed by atoms with Crippen LogP contribution in [-0.4, -0.2) is 18.1 Å². The maximum absolute atomic E-state index is 4.21. The summed E-state index contributed by atoms with van der Waals surface area (Å²) in [5, 5.41) is 3.56. The van der Waals surface area contributed by atoms with Crippen LogP contribution in [0.25, 0.3) is 0 Å². The second-order valence-corrected chi connectivity index (χ2v) is 7.52. The van der Waals surface area contributed by atoms with Crippen LogP contribution >= 0.6 is 11.3 Å². The molecule has 1 aromatic rings. The molecule has 102 valence electrons. The molecule has 3 heteroatoms. The molecule has 3 atom stereocenters. The van der Waals surface area contributed by atoms with Gasteiger partial charge in [0.05, 0.1) is 5.51 Å². The summed E-state index contributed by atoms with van der Waals surface area (Å²) in [4.78, 5) is 5.63. The van der Waals surface area contributed by atoms with Crippen LogP contribution in [0.4, 0.5) is 0 Å². The Morgan fingerprint density at radius 3 is 2.83 bits per heavy atom. The highest BCUT2D eigenvalue weighted by Gasteiger charge is 2.38. The number of thiazole rings is 1. The highest BCUT2D eigenvalue weighted by atomic mass is 32.1. The second kappa shape index (κ2) is 5.70. The van der Waals surface area contributed by atoms with Crippen molar-refractivity contribution >= 4 is 11.3 Å². The predicted octanol–water partition coefficient (Wildman–Crippen LogP) is 3.74. The van der Waals surface area contributed by atoms with Crippen LogP contribution in [0.5, 0.6) is 0 Å². The van der Waals surface area contributed by atoms with Crippen molar-refractivity contribution in [3.05, 3.63) is 16.6 Å². The van der Waals surface area contributed by atoms with Crippen LogP contribution in [0.15, 0.2) is 11.7 Å². The Hall–Kier alpha value is -0.410. The number of aromatic nitrogens is 1. The summed E-state index contributed by atoms with van der Waals surface area (Å²) in [5.41, 5.74) is 2.31. The maximum atomic E-state index is 4.21. The summed E-state index contributed by atoms with van der Waals surface area (Å²) in [7, 11) is 2.12. The first-order chi connectivity index (χ1) is 8.53. The van der Waals surface area contributed by atoms with E-state index in [1.807, 2.05) is 11.7 Å². The fraction of sp³-hybridized carbons (Fsp3) is 0.800. The SMILES string of the molecule is CNC1CC(C)CCC1C(C)(C)Cc1cncs1. The Morgan fingerprint density at radius 2 is 2.22 bits per heavy atom. The van der Waals surface area contributed by atoms with Crippen molar-refractivity contribution in [2.75, 3.05) is 7.05 Å². The second-order valence-electron chi connectivity index (χ2n) is 6.55. The Labute approximate surface area is 115 Å². The van der Waals surface area contributed by atoms with Gasteiger partial charge in [-0.15, -0.1) is 11.3 Å². The third kappa shape index (κ3) is 3.12. The molecule has 1 aliphatic rings. The maximum Gasteiger partial charge on any atom is 0.0794 e. The molecule has 1 aliphatic carbocycles. The van der Waals surface area contributed by atoms with Gasteiger partial charge >= 0.3 is 0 Å². The van der Waals surface area contributed by atoms with Gasteiger partial charge in [0, 0.05) is 17.1 Å². The summed E-state index contributed by atoms with van der Waals surface area (Å²) < 4.78 is 0. The van der Waals surface area contributed by atoms with Crippen molar-refractivity contribution in [1.82, 2.24) is 10.3 Å². The molecule has 1 heterocycles. The fourth-order valence-electron chi connectivity index (χ4n) is 3.54. The Morgan fingerprint density at radius 1 is 1.44 bits per heavy atom. The molecule has 0 radical (unpaired) electrons. The first-order valence-electron chi connectivity index (χ1n) is 7.07. The fourth-order valence-corrected chi connectivity index (χ4v) is 4.38. The highest BCUT2D eigenvalue weighted by molar-refractivity contribution is 7.09. The van der Waals surface area contributed by atoms with E-state index in [-0.39, 0.29) is 0 Å². The van der Waals surface area contributed by atoms with Crippen LogP contribution in [0.2, 0.25) is 0 Å². The third-order valence-electron chi connectivity index (χ3n) is 4.60. The smallest absolute Gasteiger partial charge is 0.0794 e. The molecule has 18 heavy (non-hydrogen) atoms. The molecule has 0 saturated heterocycles. The number of nitrogens with one attached hydrogen (secondary N) is 1. The van der Waals surface area contributed by atoms with E-state index in [4.69, 9.17) is 0 Å². The Kier molecular flexibility index (Phi) is 4.44. The molecule has 1 N–H and O–H groups in total. The summed E-state index contributed by atoms with van der Waals surface area (Å²) in [6.45, 7) is 7.24. The normalized spacial score (nSPS) is 29.4. The molecule has 2 nitrogen and oxygen atoms in total. The van der Waals surface area contributed by atoms with E-state index in [0.717, 1.165) is 18.3 Å². The van der Waals surface area contributed by atoms with Gasteiger partial charge in [0.2, 0.25) is 0 Å². The van der Waals surface area contributed by atoms with Gasteiger partial charge in [-0.3, -0.25) is 4.98 Å². The summed E-state index contributed by atoms with van der Waals surface area (Å²) in [5.74, 6) is 1.65. The van der Waals surface area contributed by atoms with Crippen LogP contribution in [0.1, 0.15) is 44.9 Å². The number of nitrogens with zero attached hydrogens (tertiary/aromatic N) is 1. The zero-order valence-corrected chi connectivity index (χ0v) is 12.9. The zero-order chi connectivity index (χ0) is 13.2. The van der Waals surface area contributed by atoms with E-state index >= 15 is 0 Å². The quantitative estimate of drug-likeness (QED) is 0.898. The van der Waals surface area contributed by atoms with Gasteiger partial charge in [-0.05, 0) is 43.6 Å². The van der Waals surface area contributed by atoms with Crippen molar-refractivity contribution in [2.45, 2.75) is 52.5 Å². The van der Waals surface area contributed by atoms with Crippen molar-refractivity contribution in [3.8, 4) is 0 Å². The highest BCUT2D eigenvalue weighted by Crippen LogP contribution is 2.42. The van der Waals surface area contributed by atoms with Crippen molar-refractivity contribution in [1.29, 1.82) is 0 Å². The lowest BCUT2D eigenvalue weighted by atomic mass is 9.65. The minimum Gasteiger partial charge on any atom is -0.317 e. The molecule has 2 rings (SSSR count). The third-order valence-corrected chi connectivity index (χ3v) is 5.38. The largest absolute Gasteiger partial charge is 0.317 e. The van der Waals surface area contributed by atoms with Gasteiger partial charge in [-0.2, -0.15) is 0 Å². The summed E-state index contributed by atoms with van der Waals surface area (Å²) in [6.07, 6.45) is 7.27. The van der Waals surface area contributed by atoms with Gasteiger partial charge in [0.25, 0.3) is 0 Å². The van der Waals surface area contributed by atoms with Crippen LogP contribution in [0, 0.1) is 17.3 Å². The molecular weight excluding hydrogens is 240 g/mol. The monoisotopic (exact) mass is 266 g/mol. The summed E-state index contributed by atoms with van der Waals surface area (Å²) in [6, 6.07) is 0.677. The molecular formula is C15H26N2S. The minimum absolute atomic E-state index is 0.361. The van der Waals surface area contributed by atoms with E-state index in [0.29, 0.717) is 11.5 Å². The predicted molar refractivity (Wildman–Crippen MR) is 79.0 cm³/mol. The van der Waals surface area contributed by atoms with Gasteiger partial charge in [0.15, 0.2) is 0 Å². The van der Waals surface area contributed by atoms with Crippen molar-refractivity contribution in [3.63, 3.8) is 0 Å². The van der Waals surface area contributed by atoms with E-state index in [2.05, 4.69) is 38.1 Å². The lowest BCUT2D eigenvalue weighted by Crippen LogP contribution is -2.46. The minimum atomic E-state index is 0.361. The van der Waals surface area contributed by atoms with E-state index in [9.17, 15) is 0 Å². The molecule has 0 bridgehead atoms. The van der Waals surface area contributed by atoms with Gasteiger partial charge in [-0.1, -0.05) is 27.2 Å². The van der Waals surface area contributed by atoms with Gasteiger partial charge in [-0.25, -0.2) is 0 Å². The standard InChI is InChI=1S/C15H26N2S/c1-11-5-6-13(14(7-11)16-4)15(2,3)8-12-9-17-10-18-12/h9-11,13-14,16H,5-8H2,1-4H3. The first-order valence-corrected chi connectivity index (χ1v) is 7.95. The molecule has 1 saturated carbocycles. The molecule has 3 unspecified atom stereocenters. The average molecular weight is 266 g/mol. The van der Waals surface area contributed by atoms with Gasteiger partial charge in [0.1, 0.15) is 0 Å². The average Bonchev–Trinajstić information content (AvgIpc) is 2.80. The first kappa shape index (κ1) is 14.0. The Bertz CT molecular complexity index is 359. The topological polar surface area (TPSA) is 24.9 Å². The number of hydrogen-bond donors (Lipinski definition) is 1. The Balaban J connectivity index is 2.07. The van der Waals surface area contributed by atoms with Crippen molar-refractivity contribution < 1.29 is 0 Å². The lowest BCUT2D eigenvalue weighted by molar-refractivity contribution is 0.0987. The molecule has 0 spiro atoms. The zero-order valence-electron chi connectivity index (χ0n) is 12.1. The van der Waals surface area contributed by atoms with E-state index in [1.54, 1.807) is 11.3 Å². The molecule has 0 aromatic carbocycles. The lowest BCUT2D eigenvalue weighted by Gasteiger charge is -2.44. The van der Waals surface area contributed by atoms with Crippen LogP contribution in [0.3, 0.4) is 0 Å². The molecule has 1 aromatic heterocycles. The molecule has 1 fully saturated rings. The molecule has 0 amide bonds. The summed E-state index contributed by atoms with van der Waals surface area (Å²) >= 11 is 1.79. The number of hydrogen-bond acceptors (Lipinski definition) is 3. The van der Waals surface area contributed by atoms with Crippen LogP contribution in [-0.2, 0) is 6.42 Å². The van der Waals surface area contributed by atoms with Crippen LogP contribution < -0.4 is 5.32 Å².